The largest absolute Gasteiger partial charge is 0.423 e. The van der Waals surface area contributed by atoms with Crippen LogP contribution in [0.5, 0.6) is 0 Å². The molecule has 1 amide bonds. The average molecular weight is 293 g/mol. The predicted octanol–water partition coefficient (Wildman–Crippen LogP) is 2.30. The van der Waals surface area contributed by atoms with Crippen molar-refractivity contribution < 1.29 is 27.5 Å². The summed E-state index contributed by atoms with van der Waals surface area (Å²) in [5.41, 5.74) is -6.03. The highest BCUT2D eigenvalue weighted by atomic mass is 19.4. The minimum Gasteiger partial charge on any atom is -0.375 e. The third-order valence-electron chi connectivity index (χ3n) is 2.77. The van der Waals surface area contributed by atoms with Crippen molar-refractivity contribution in [1.29, 1.82) is 0 Å². The van der Waals surface area contributed by atoms with Crippen LogP contribution in [-0.4, -0.2) is 29.4 Å². The number of amides is 1. The van der Waals surface area contributed by atoms with E-state index in [1.807, 2.05) is 0 Å². The van der Waals surface area contributed by atoms with Gasteiger partial charge in [-0.05, 0) is 19.4 Å². The molecule has 0 saturated carbocycles. The van der Waals surface area contributed by atoms with Crippen molar-refractivity contribution in [3.8, 4) is 0 Å². The molecule has 112 valence electrons. The smallest absolute Gasteiger partial charge is 0.375 e. The van der Waals surface area contributed by atoms with Crippen molar-refractivity contribution in [3.05, 3.63) is 35.9 Å². The fourth-order valence-corrected chi connectivity index (χ4v) is 1.50. The summed E-state index contributed by atoms with van der Waals surface area (Å²) in [7, 11) is 0. The number of carbonyl (C=O) groups is 1. The number of benzene rings is 1. The van der Waals surface area contributed by atoms with Crippen molar-refractivity contribution in [3.63, 3.8) is 0 Å². The van der Waals surface area contributed by atoms with E-state index in [1.165, 1.54) is 18.2 Å². The zero-order chi connectivity index (χ0) is 15.6. The van der Waals surface area contributed by atoms with Gasteiger partial charge in [0.15, 0.2) is 5.67 Å². The van der Waals surface area contributed by atoms with E-state index >= 15 is 0 Å². The molecule has 0 unspecified atom stereocenters. The molecular formula is C13H15F4NO2. The Bertz CT molecular complexity index is 467. The van der Waals surface area contributed by atoms with Gasteiger partial charge >= 0.3 is 6.18 Å². The third kappa shape index (κ3) is 3.47. The van der Waals surface area contributed by atoms with Crippen LogP contribution in [0.15, 0.2) is 30.3 Å². The lowest BCUT2D eigenvalue weighted by Gasteiger charge is -2.31. The Morgan fingerprint density at radius 1 is 1.15 bits per heavy atom. The number of hydrogen-bond donors (Lipinski definition) is 2. The van der Waals surface area contributed by atoms with E-state index < -0.39 is 35.5 Å². The monoisotopic (exact) mass is 293 g/mol. The van der Waals surface area contributed by atoms with Gasteiger partial charge in [0.2, 0.25) is 5.60 Å². The Morgan fingerprint density at radius 3 is 2.05 bits per heavy atom. The maximum Gasteiger partial charge on any atom is 0.423 e. The van der Waals surface area contributed by atoms with Gasteiger partial charge in [0.25, 0.3) is 5.91 Å². The molecule has 0 radical (unpaired) electrons. The summed E-state index contributed by atoms with van der Waals surface area (Å²) < 4.78 is 52.4. The number of rotatable bonds is 4. The van der Waals surface area contributed by atoms with Gasteiger partial charge in [0.1, 0.15) is 0 Å². The summed E-state index contributed by atoms with van der Waals surface area (Å²) in [6.07, 6.45) is -5.01. The Hall–Kier alpha value is -1.63. The van der Waals surface area contributed by atoms with Crippen molar-refractivity contribution >= 4 is 5.91 Å². The van der Waals surface area contributed by atoms with Crippen LogP contribution < -0.4 is 5.32 Å². The molecule has 1 aromatic rings. The summed E-state index contributed by atoms with van der Waals surface area (Å²) >= 11 is 0. The van der Waals surface area contributed by atoms with E-state index in [0.29, 0.717) is 0 Å². The first-order chi connectivity index (χ1) is 8.98. The summed E-state index contributed by atoms with van der Waals surface area (Å²) in [6, 6.07) is 6.31. The second-order valence-electron chi connectivity index (χ2n) is 4.88. The predicted molar refractivity (Wildman–Crippen MR) is 64.6 cm³/mol. The zero-order valence-corrected chi connectivity index (χ0v) is 11.0. The number of alkyl halides is 4. The first kappa shape index (κ1) is 16.4. The van der Waals surface area contributed by atoms with Crippen LogP contribution in [0.1, 0.15) is 19.4 Å². The van der Waals surface area contributed by atoms with E-state index in [1.54, 1.807) is 5.32 Å². The topological polar surface area (TPSA) is 49.3 Å². The molecule has 7 heteroatoms. The van der Waals surface area contributed by atoms with Crippen LogP contribution in [0.4, 0.5) is 17.6 Å². The fourth-order valence-electron chi connectivity index (χ4n) is 1.50. The maximum absolute atomic E-state index is 13.3. The van der Waals surface area contributed by atoms with Gasteiger partial charge in [0, 0.05) is 0 Å². The van der Waals surface area contributed by atoms with Gasteiger partial charge in [-0.15, -0.1) is 0 Å². The van der Waals surface area contributed by atoms with Crippen molar-refractivity contribution in [2.75, 3.05) is 6.54 Å². The molecule has 0 heterocycles. The van der Waals surface area contributed by atoms with Crippen molar-refractivity contribution in [2.45, 2.75) is 31.3 Å². The molecule has 0 aliphatic carbocycles. The average Bonchev–Trinajstić information content (AvgIpc) is 2.34. The van der Waals surface area contributed by atoms with E-state index in [9.17, 15) is 27.5 Å². The maximum atomic E-state index is 13.3. The van der Waals surface area contributed by atoms with Crippen molar-refractivity contribution in [1.82, 2.24) is 5.32 Å². The molecule has 3 nitrogen and oxygen atoms in total. The van der Waals surface area contributed by atoms with Crippen LogP contribution in [0.25, 0.3) is 0 Å². The lowest BCUT2D eigenvalue weighted by Crippen LogP contribution is -2.53. The van der Waals surface area contributed by atoms with Crippen LogP contribution in [-0.2, 0) is 10.4 Å². The highest BCUT2D eigenvalue weighted by Gasteiger charge is 2.55. The van der Waals surface area contributed by atoms with Crippen LogP contribution in [0, 0.1) is 0 Å². The Kier molecular flexibility index (Phi) is 4.43. The first-order valence-electron chi connectivity index (χ1n) is 5.80. The molecule has 0 bridgehead atoms. The summed E-state index contributed by atoms with van der Waals surface area (Å²) in [5.74, 6) is -1.23. The minimum absolute atomic E-state index is 0.426. The second-order valence-corrected chi connectivity index (χ2v) is 4.88. The van der Waals surface area contributed by atoms with E-state index in [2.05, 4.69) is 0 Å². The quantitative estimate of drug-likeness (QED) is 0.837. The molecule has 0 aliphatic rings. The zero-order valence-electron chi connectivity index (χ0n) is 11.0. The van der Waals surface area contributed by atoms with E-state index in [0.717, 1.165) is 26.0 Å². The molecule has 0 fully saturated rings. The molecule has 0 aliphatic heterocycles. The van der Waals surface area contributed by atoms with Gasteiger partial charge in [-0.25, -0.2) is 4.39 Å². The lowest BCUT2D eigenvalue weighted by atomic mass is 9.92. The molecule has 1 atom stereocenters. The van der Waals surface area contributed by atoms with E-state index in [-0.39, 0.29) is 0 Å². The Labute approximate surface area is 113 Å². The Balaban J connectivity index is 3.01. The van der Waals surface area contributed by atoms with Gasteiger partial charge in [-0.1, -0.05) is 30.3 Å². The molecule has 2 N–H and O–H groups in total. The van der Waals surface area contributed by atoms with Gasteiger partial charge in [-0.3, -0.25) is 4.79 Å². The molecule has 0 saturated heterocycles. The van der Waals surface area contributed by atoms with Crippen molar-refractivity contribution in [2.24, 2.45) is 0 Å². The first-order valence-corrected chi connectivity index (χ1v) is 5.80. The molecular weight excluding hydrogens is 278 g/mol. The normalized spacial score (nSPS) is 15.6. The number of nitrogens with one attached hydrogen (secondary N) is 1. The highest BCUT2D eigenvalue weighted by Crippen LogP contribution is 2.38. The van der Waals surface area contributed by atoms with Crippen LogP contribution in [0.3, 0.4) is 0 Å². The standard InChI is InChI=1S/C13H15F4NO2/c1-11(2,14)10(19)18-8-12(20,13(15,16)17)9-6-4-3-5-7-9/h3-7,20H,8H2,1-2H3,(H,18,19)/t12-/m0/s1. The molecule has 1 rings (SSSR count). The van der Waals surface area contributed by atoms with Crippen LogP contribution in [0.2, 0.25) is 0 Å². The SMILES string of the molecule is CC(C)(F)C(=O)NC[C@](O)(c1ccccc1)C(F)(F)F. The molecule has 20 heavy (non-hydrogen) atoms. The number of carbonyl (C=O) groups excluding carboxylic acids is 1. The number of hydrogen-bond acceptors (Lipinski definition) is 2. The third-order valence-corrected chi connectivity index (χ3v) is 2.77. The number of halogens is 4. The van der Waals surface area contributed by atoms with E-state index in [4.69, 9.17) is 0 Å². The summed E-state index contributed by atoms with van der Waals surface area (Å²) in [4.78, 5) is 11.3. The lowest BCUT2D eigenvalue weighted by molar-refractivity contribution is -0.264. The Morgan fingerprint density at radius 2 is 1.65 bits per heavy atom. The molecule has 1 aromatic carbocycles. The fraction of sp³-hybridized carbons (Fsp3) is 0.462. The molecule has 0 spiro atoms. The van der Waals surface area contributed by atoms with Gasteiger partial charge in [-0.2, -0.15) is 13.2 Å². The summed E-state index contributed by atoms with van der Waals surface area (Å²) in [6.45, 7) is 0.668. The second kappa shape index (κ2) is 5.40. The van der Waals surface area contributed by atoms with Gasteiger partial charge < -0.3 is 10.4 Å². The summed E-state index contributed by atoms with van der Waals surface area (Å²) in [5, 5.41) is 11.7. The molecule has 0 aromatic heterocycles. The van der Waals surface area contributed by atoms with Gasteiger partial charge in [0.05, 0.1) is 6.54 Å². The number of aliphatic hydroxyl groups is 1. The highest BCUT2D eigenvalue weighted by molar-refractivity contribution is 5.84. The van der Waals surface area contributed by atoms with Crippen LogP contribution >= 0.6 is 0 Å². The minimum atomic E-state index is -5.01.